The fourth-order valence-corrected chi connectivity index (χ4v) is 4.00. The normalized spacial score (nSPS) is 24.9. The predicted molar refractivity (Wildman–Crippen MR) is 89.4 cm³/mol. The molecule has 2 aliphatic heterocycles. The molecule has 4 rings (SSSR count). The number of carbonyl (C=O) groups excluding carboxylic acids is 1. The SMILES string of the molecule is O=C1COC2(CCN(Cc3cscn3)C2)CN1c1cccc(F)c1. The summed E-state index contributed by atoms with van der Waals surface area (Å²) in [7, 11) is 0. The average molecular weight is 347 g/mol. The van der Waals surface area contributed by atoms with Gasteiger partial charge in [0.25, 0.3) is 5.91 Å². The third-order valence-electron chi connectivity index (χ3n) is 4.63. The minimum absolute atomic E-state index is 0.0427. The lowest BCUT2D eigenvalue weighted by atomic mass is 10.00. The highest BCUT2D eigenvalue weighted by Gasteiger charge is 2.45. The Hall–Kier alpha value is -1.83. The number of halogens is 1. The number of likely N-dealkylation sites (tertiary alicyclic amines) is 1. The molecule has 1 amide bonds. The van der Waals surface area contributed by atoms with Crippen molar-refractivity contribution in [3.63, 3.8) is 0 Å². The van der Waals surface area contributed by atoms with Gasteiger partial charge in [-0.25, -0.2) is 9.37 Å². The van der Waals surface area contributed by atoms with E-state index in [1.807, 2.05) is 5.51 Å². The van der Waals surface area contributed by atoms with Crippen molar-refractivity contribution in [3.05, 3.63) is 46.7 Å². The van der Waals surface area contributed by atoms with E-state index < -0.39 is 0 Å². The quantitative estimate of drug-likeness (QED) is 0.855. The second-order valence-electron chi connectivity index (χ2n) is 6.37. The van der Waals surface area contributed by atoms with Crippen molar-refractivity contribution >= 4 is 22.9 Å². The Morgan fingerprint density at radius 3 is 3.08 bits per heavy atom. The number of anilines is 1. The first-order valence-electron chi connectivity index (χ1n) is 7.93. The highest BCUT2D eigenvalue weighted by atomic mass is 32.1. The van der Waals surface area contributed by atoms with Gasteiger partial charge < -0.3 is 9.64 Å². The number of rotatable bonds is 3. The van der Waals surface area contributed by atoms with Gasteiger partial charge in [-0.05, 0) is 24.6 Å². The zero-order valence-corrected chi connectivity index (χ0v) is 14.0. The number of morpholine rings is 1. The molecule has 2 saturated heterocycles. The summed E-state index contributed by atoms with van der Waals surface area (Å²) >= 11 is 1.59. The van der Waals surface area contributed by atoms with Crippen LogP contribution in [-0.4, -0.2) is 47.6 Å². The van der Waals surface area contributed by atoms with Crippen molar-refractivity contribution in [1.82, 2.24) is 9.88 Å². The molecule has 7 heteroatoms. The minimum atomic E-state index is -0.379. The lowest BCUT2D eigenvalue weighted by Gasteiger charge is -2.40. The summed E-state index contributed by atoms with van der Waals surface area (Å²) in [5, 5.41) is 2.05. The van der Waals surface area contributed by atoms with E-state index in [2.05, 4.69) is 15.3 Å². The summed E-state index contributed by atoms with van der Waals surface area (Å²) in [6.45, 7) is 2.96. The van der Waals surface area contributed by atoms with Crippen molar-refractivity contribution < 1.29 is 13.9 Å². The standard InChI is InChI=1S/C17H18FN3O2S/c18-13-2-1-3-15(6-13)21-11-17(23-8-16(21)22)4-5-20(10-17)7-14-9-24-12-19-14/h1-3,6,9,12H,4-5,7-8,10-11H2. The molecule has 0 radical (unpaired) electrons. The van der Waals surface area contributed by atoms with E-state index in [1.165, 1.54) is 12.1 Å². The molecule has 1 atom stereocenters. The maximum absolute atomic E-state index is 13.5. The lowest BCUT2D eigenvalue weighted by Crippen LogP contribution is -2.56. The van der Waals surface area contributed by atoms with Crippen LogP contribution in [-0.2, 0) is 16.1 Å². The van der Waals surface area contributed by atoms with Gasteiger partial charge in [-0.1, -0.05) is 6.07 Å². The van der Waals surface area contributed by atoms with Crippen LogP contribution in [0.1, 0.15) is 12.1 Å². The van der Waals surface area contributed by atoms with E-state index in [4.69, 9.17) is 4.74 Å². The van der Waals surface area contributed by atoms with E-state index in [0.717, 1.165) is 31.7 Å². The van der Waals surface area contributed by atoms with Gasteiger partial charge >= 0.3 is 0 Å². The molecule has 2 fully saturated rings. The number of ether oxygens (including phenoxy) is 1. The van der Waals surface area contributed by atoms with Crippen molar-refractivity contribution in [2.75, 3.05) is 31.1 Å². The number of hydrogen-bond acceptors (Lipinski definition) is 5. The Morgan fingerprint density at radius 1 is 1.38 bits per heavy atom. The molecule has 1 aromatic heterocycles. The fourth-order valence-electron chi connectivity index (χ4n) is 3.45. The smallest absolute Gasteiger partial charge is 0.253 e. The highest BCUT2D eigenvalue weighted by molar-refractivity contribution is 7.07. The van der Waals surface area contributed by atoms with E-state index in [9.17, 15) is 9.18 Å². The molecule has 1 aromatic carbocycles. The number of hydrogen-bond donors (Lipinski definition) is 0. The molecule has 1 spiro atoms. The monoisotopic (exact) mass is 347 g/mol. The van der Waals surface area contributed by atoms with Crippen molar-refractivity contribution in [2.45, 2.75) is 18.6 Å². The zero-order valence-electron chi connectivity index (χ0n) is 13.2. The van der Waals surface area contributed by atoms with Gasteiger partial charge in [-0.2, -0.15) is 0 Å². The first-order valence-corrected chi connectivity index (χ1v) is 8.87. The lowest BCUT2D eigenvalue weighted by molar-refractivity contribution is -0.137. The Morgan fingerprint density at radius 2 is 2.29 bits per heavy atom. The summed E-state index contributed by atoms with van der Waals surface area (Å²) in [4.78, 5) is 20.5. The predicted octanol–water partition coefficient (Wildman–Crippen LogP) is 2.29. The summed E-state index contributed by atoms with van der Waals surface area (Å²) in [5.41, 5.74) is 3.12. The highest BCUT2D eigenvalue weighted by Crippen LogP contribution is 2.32. The van der Waals surface area contributed by atoms with Gasteiger partial charge in [0.1, 0.15) is 18.0 Å². The van der Waals surface area contributed by atoms with Crippen LogP contribution in [0, 0.1) is 5.82 Å². The van der Waals surface area contributed by atoms with Crippen molar-refractivity contribution in [1.29, 1.82) is 0 Å². The largest absolute Gasteiger partial charge is 0.362 e. The van der Waals surface area contributed by atoms with Crippen LogP contribution in [0.3, 0.4) is 0 Å². The number of aromatic nitrogens is 1. The second kappa shape index (κ2) is 6.23. The number of benzene rings is 1. The fraction of sp³-hybridized carbons (Fsp3) is 0.412. The van der Waals surface area contributed by atoms with Crippen LogP contribution >= 0.6 is 11.3 Å². The Labute approximate surface area is 143 Å². The second-order valence-corrected chi connectivity index (χ2v) is 7.09. The van der Waals surface area contributed by atoms with Crippen LogP contribution in [0.25, 0.3) is 0 Å². The minimum Gasteiger partial charge on any atom is -0.362 e. The Kier molecular flexibility index (Phi) is 4.07. The molecule has 0 saturated carbocycles. The van der Waals surface area contributed by atoms with Gasteiger partial charge in [0.05, 0.1) is 17.7 Å². The maximum atomic E-state index is 13.5. The molecular formula is C17H18FN3O2S. The summed E-state index contributed by atoms with van der Waals surface area (Å²) < 4.78 is 19.4. The van der Waals surface area contributed by atoms with Crippen LogP contribution in [0.5, 0.6) is 0 Å². The van der Waals surface area contributed by atoms with Gasteiger partial charge in [-0.15, -0.1) is 11.3 Å². The summed E-state index contributed by atoms with van der Waals surface area (Å²) in [5.74, 6) is -0.457. The summed E-state index contributed by atoms with van der Waals surface area (Å²) in [6, 6.07) is 6.18. The maximum Gasteiger partial charge on any atom is 0.253 e. The molecular weight excluding hydrogens is 329 g/mol. The number of amides is 1. The molecule has 3 heterocycles. The van der Waals surface area contributed by atoms with Gasteiger partial charge in [0.15, 0.2) is 0 Å². The van der Waals surface area contributed by atoms with Crippen molar-refractivity contribution in [3.8, 4) is 0 Å². The van der Waals surface area contributed by atoms with E-state index in [1.54, 1.807) is 28.4 Å². The van der Waals surface area contributed by atoms with Gasteiger partial charge in [0.2, 0.25) is 0 Å². The zero-order chi connectivity index (χ0) is 16.6. The molecule has 2 aromatic rings. The molecule has 0 bridgehead atoms. The van der Waals surface area contributed by atoms with Gasteiger partial charge in [-0.3, -0.25) is 9.69 Å². The number of carbonyl (C=O) groups is 1. The molecule has 24 heavy (non-hydrogen) atoms. The third kappa shape index (κ3) is 3.07. The van der Waals surface area contributed by atoms with Crippen LogP contribution < -0.4 is 4.90 Å². The van der Waals surface area contributed by atoms with Crippen LogP contribution in [0.4, 0.5) is 10.1 Å². The number of thiazole rings is 1. The Balaban J connectivity index is 1.49. The third-order valence-corrected chi connectivity index (χ3v) is 5.27. The van der Waals surface area contributed by atoms with E-state index in [0.29, 0.717) is 12.2 Å². The van der Waals surface area contributed by atoms with Crippen LogP contribution in [0.15, 0.2) is 35.2 Å². The van der Waals surface area contributed by atoms with E-state index in [-0.39, 0.29) is 23.9 Å². The molecule has 126 valence electrons. The molecule has 0 aliphatic carbocycles. The molecule has 1 unspecified atom stereocenters. The Bertz CT molecular complexity index is 739. The van der Waals surface area contributed by atoms with Gasteiger partial charge in [0, 0.05) is 30.7 Å². The summed E-state index contributed by atoms with van der Waals surface area (Å²) in [6.07, 6.45) is 0.857. The van der Waals surface area contributed by atoms with Crippen LogP contribution in [0.2, 0.25) is 0 Å². The molecule has 5 nitrogen and oxygen atoms in total. The molecule has 2 aliphatic rings. The van der Waals surface area contributed by atoms with Crippen molar-refractivity contribution in [2.24, 2.45) is 0 Å². The van der Waals surface area contributed by atoms with E-state index >= 15 is 0 Å². The number of nitrogens with zero attached hydrogens (tertiary/aromatic N) is 3. The topological polar surface area (TPSA) is 45.7 Å². The first kappa shape index (κ1) is 15.7. The average Bonchev–Trinajstić information content (AvgIpc) is 3.21. The first-order chi connectivity index (χ1) is 11.6. The molecule has 0 N–H and O–H groups in total.